The highest BCUT2D eigenvalue weighted by atomic mass is 16.7. The van der Waals surface area contributed by atoms with E-state index in [2.05, 4.69) is 19.9 Å². The molecule has 4 nitrogen and oxygen atoms in total. The number of nitrogens with zero attached hydrogens (tertiary/aromatic N) is 1. The summed E-state index contributed by atoms with van der Waals surface area (Å²) in [6.45, 7) is 6.06. The van der Waals surface area contributed by atoms with E-state index >= 15 is 0 Å². The quantitative estimate of drug-likeness (QED) is 0.746. The zero-order valence-electron chi connectivity index (χ0n) is 14.2. The van der Waals surface area contributed by atoms with Gasteiger partial charge >= 0.3 is 0 Å². The Kier molecular flexibility index (Phi) is 5.04. The van der Waals surface area contributed by atoms with Crippen LogP contribution in [0.3, 0.4) is 0 Å². The van der Waals surface area contributed by atoms with E-state index in [4.69, 9.17) is 9.47 Å². The molecule has 2 aromatic rings. The van der Waals surface area contributed by atoms with Gasteiger partial charge in [0.25, 0.3) is 0 Å². The van der Waals surface area contributed by atoms with Crippen LogP contribution in [0.5, 0.6) is 11.5 Å². The summed E-state index contributed by atoms with van der Waals surface area (Å²) >= 11 is 0. The first-order chi connectivity index (χ1) is 11.7. The molecule has 24 heavy (non-hydrogen) atoms. The maximum Gasteiger partial charge on any atom is 0.246 e. The van der Waals surface area contributed by atoms with Crippen LogP contribution in [0.15, 0.2) is 36.4 Å². The van der Waals surface area contributed by atoms with Crippen LogP contribution >= 0.6 is 0 Å². The second-order valence-electron chi connectivity index (χ2n) is 5.97. The van der Waals surface area contributed by atoms with Crippen molar-refractivity contribution < 1.29 is 14.3 Å². The summed E-state index contributed by atoms with van der Waals surface area (Å²) in [6, 6.07) is 10.1. The lowest BCUT2D eigenvalue weighted by molar-refractivity contribution is -0.126. The minimum Gasteiger partial charge on any atom is -0.454 e. The van der Waals surface area contributed by atoms with Crippen LogP contribution in [-0.4, -0.2) is 30.7 Å². The predicted octanol–water partition coefficient (Wildman–Crippen LogP) is 4.23. The van der Waals surface area contributed by atoms with Gasteiger partial charge in [0.15, 0.2) is 11.5 Å². The lowest BCUT2D eigenvalue weighted by atomic mass is 10.1. The predicted molar refractivity (Wildman–Crippen MR) is 96.3 cm³/mol. The smallest absolute Gasteiger partial charge is 0.246 e. The molecular formula is C20H23NO3. The molecular weight excluding hydrogens is 302 g/mol. The molecule has 0 unspecified atom stereocenters. The van der Waals surface area contributed by atoms with E-state index in [1.54, 1.807) is 6.08 Å². The van der Waals surface area contributed by atoms with Gasteiger partial charge in [-0.1, -0.05) is 26.0 Å². The van der Waals surface area contributed by atoms with Crippen molar-refractivity contribution in [3.63, 3.8) is 0 Å². The maximum atomic E-state index is 12.3. The molecule has 0 atom stereocenters. The highest BCUT2D eigenvalue weighted by Gasteiger charge is 2.14. The fourth-order valence-electron chi connectivity index (χ4n) is 2.91. The Labute approximate surface area is 142 Å². The number of carbonyl (C=O) groups excluding carboxylic acids is 1. The zero-order chi connectivity index (χ0) is 16.9. The number of hydrogen-bond donors (Lipinski definition) is 0. The van der Waals surface area contributed by atoms with Gasteiger partial charge in [0.1, 0.15) is 0 Å². The van der Waals surface area contributed by atoms with Gasteiger partial charge < -0.3 is 14.4 Å². The summed E-state index contributed by atoms with van der Waals surface area (Å²) in [5.74, 6) is 1.64. The second kappa shape index (κ2) is 7.39. The average molecular weight is 325 g/mol. The Balaban J connectivity index is 1.79. The van der Waals surface area contributed by atoms with Gasteiger partial charge in [-0.15, -0.1) is 0 Å². The minimum atomic E-state index is 0.0736. The molecule has 0 aliphatic carbocycles. The molecule has 2 aromatic carbocycles. The summed E-state index contributed by atoms with van der Waals surface area (Å²) in [4.78, 5) is 14.2. The van der Waals surface area contributed by atoms with Crippen LogP contribution < -0.4 is 9.47 Å². The Bertz CT molecular complexity index is 761. The Morgan fingerprint density at radius 2 is 1.71 bits per heavy atom. The molecule has 1 aliphatic heterocycles. The van der Waals surface area contributed by atoms with Crippen molar-refractivity contribution in [3.8, 4) is 11.5 Å². The van der Waals surface area contributed by atoms with Crippen LogP contribution in [-0.2, 0) is 4.79 Å². The first kappa shape index (κ1) is 16.4. The molecule has 126 valence electrons. The lowest BCUT2D eigenvalue weighted by Gasteiger charge is -2.19. The first-order valence-corrected chi connectivity index (χ1v) is 8.51. The van der Waals surface area contributed by atoms with Crippen molar-refractivity contribution in [2.75, 3.05) is 19.9 Å². The number of benzene rings is 2. The third-order valence-electron chi connectivity index (χ3n) is 4.07. The summed E-state index contributed by atoms with van der Waals surface area (Å²) in [6.07, 6.45) is 5.50. The highest BCUT2D eigenvalue weighted by Crippen LogP contribution is 2.36. The monoisotopic (exact) mass is 325 g/mol. The van der Waals surface area contributed by atoms with E-state index in [0.29, 0.717) is 0 Å². The van der Waals surface area contributed by atoms with E-state index in [9.17, 15) is 4.79 Å². The number of carbonyl (C=O) groups is 1. The number of fused-ring (bicyclic) bond motifs is 2. The molecule has 0 saturated heterocycles. The molecule has 0 bridgehead atoms. The zero-order valence-corrected chi connectivity index (χ0v) is 14.2. The van der Waals surface area contributed by atoms with Gasteiger partial charge in [-0.3, -0.25) is 4.79 Å². The van der Waals surface area contributed by atoms with Crippen LogP contribution in [0.1, 0.15) is 32.3 Å². The molecule has 1 amide bonds. The van der Waals surface area contributed by atoms with Gasteiger partial charge in [0.05, 0.1) is 0 Å². The van der Waals surface area contributed by atoms with Gasteiger partial charge in [-0.05, 0) is 53.5 Å². The van der Waals surface area contributed by atoms with Crippen molar-refractivity contribution in [2.45, 2.75) is 26.7 Å². The van der Waals surface area contributed by atoms with Gasteiger partial charge in [-0.25, -0.2) is 0 Å². The molecule has 0 aromatic heterocycles. The van der Waals surface area contributed by atoms with Crippen LogP contribution in [0.25, 0.3) is 16.8 Å². The van der Waals surface area contributed by atoms with Gasteiger partial charge in [0, 0.05) is 19.2 Å². The minimum absolute atomic E-state index is 0.0736. The Morgan fingerprint density at radius 1 is 1.04 bits per heavy atom. The SMILES string of the molecule is CCCN(CCC)C(=O)/C=C/c1ccc2cc3c(cc2c1)OCO3. The van der Waals surface area contributed by atoms with Crippen LogP contribution in [0.4, 0.5) is 0 Å². The third-order valence-corrected chi connectivity index (χ3v) is 4.07. The van der Waals surface area contributed by atoms with Crippen molar-refractivity contribution in [1.82, 2.24) is 4.90 Å². The normalized spacial score (nSPS) is 12.9. The van der Waals surface area contributed by atoms with Gasteiger partial charge in [-0.2, -0.15) is 0 Å². The number of ether oxygens (including phenoxy) is 2. The van der Waals surface area contributed by atoms with Crippen molar-refractivity contribution in [2.24, 2.45) is 0 Å². The van der Waals surface area contributed by atoms with Gasteiger partial charge in [0.2, 0.25) is 12.7 Å². The van der Waals surface area contributed by atoms with E-state index in [0.717, 1.165) is 53.8 Å². The molecule has 1 aliphatic rings. The molecule has 4 heteroatoms. The maximum absolute atomic E-state index is 12.3. The van der Waals surface area contributed by atoms with Crippen molar-refractivity contribution in [3.05, 3.63) is 42.0 Å². The highest BCUT2D eigenvalue weighted by molar-refractivity contribution is 5.93. The van der Waals surface area contributed by atoms with E-state index < -0.39 is 0 Å². The molecule has 3 rings (SSSR count). The van der Waals surface area contributed by atoms with Crippen molar-refractivity contribution >= 4 is 22.8 Å². The number of rotatable bonds is 6. The fraction of sp³-hybridized carbons (Fsp3) is 0.350. The van der Waals surface area contributed by atoms with E-state index in [1.807, 2.05) is 35.2 Å². The molecule has 0 radical (unpaired) electrons. The van der Waals surface area contributed by atoms with Crippen molar-refractivity contribution in [1.29, 1.82) is 0 Å². The largest absolute Gasteiger partial charge is 0.454 e. The topological polar surface area (TPSA) is 38.8 Å². The van der Waals surface area contributed by atoms with E-state index in [1.165, 1.54) is 0 Å². The fourth-order valence-corrected chi connectivity index (χ4v) is 2.91. The first-order valence-electron chi connectivity index (χ1n) is 8.51. The van der Waals surface area contributed by atoms with Crippen LogP contribution in [0, 0.1) is 0 Å². The second-order valence-corrected chi connectivity index (χ2v) is 5.97. The summed E-state index contributed by atoms with van der Waals surface area (Å²) in [5, 5.41) is 2.18. The summed E-state index contributed by atoms with van der Waals surface area (Å²) in [5.41, 5.74) is 1.00. The third kappa shape index (κ3) is 3.53. The summed E-state index contributed by atoms with van der Waals surface area (Å²) < 4.78 is 10.8. The average Bonchev–Trinajstić information content (AvgIpc) is 3.04. The molecule has 0 fully saturated rings. The summed E-state index contributed by atoms with van der Waals surface area (Å²) in [7, 11) is 0. The number of hydrogen-bond acceptors (Lipinski definition) is 3. The standard InChI is InChI=1S/C20H23NO3/c1-3-9-21(10-4-2)20(22)8-6-15-5-7-16-12-18-19(24-14-23-18)13-17(16)11-15/h5-8,11-13H,3-4,9-10,14H2,1-2H3/b8-6+. The van der Waals surface area contributed by atoms with E-state index in [-0.39, 0.29) is 12.7 Å². The van der Waals surface area contributed by atoms with Crippen LogP contribution in [0.2, 0.25) is 0 Å². The number of amides is 1. The molecule has 0 N–H and O–H groups in total. The molecule has 0 spiro atoms. The Morgan fingerprint density at radius 3 is 2.38 bits per heavy atom. The molecule has 0 saturated carbocycles. The Hall–Kier alpha value is -2.49. The lowest BCUT2D eigenvalue weighted by Crippen LogP contribution is -2.30. The molecule has 1 heterocycles.